The van der Waals surface area contributed by atoms with Crippen molar-refractivity contribution >= 4 is 20.4 Å². The third-order valence-electron chi connectivity index (χ3n) is 10.1. The fourth-order valence-electron chi connectivity index (χ4n) is 6.61. The lowest BCUT2D eigenvalue weighted by molar-refractivity contribution is -0.141. The maximum Gasteiger partial charge on any atom is 0.407 e. The largest absolute Gasteiger partial charge is 0.539 e. The highest BCUT2D eigenvalue weighted by molar-refractivity contribution is 6.74. The molecule has 3 aliphatic heterocycles. The second-order valence-corrected chi connectivity index (χ2v) is 18.7. The van der Waals surface area contributed by atoms with Gasteiger partial charge in [-0.15, -0.1) is 0 Å². The number of carbonyl (C=O) groups excluding carboxylic acids is 2. The summed E-state index contributed by atoms with van der Waals surface area (Å²) < 4.78 is 47.1. The monoisotopic (exact) mass is 655 g/mol. The molecule has 1 unspecified atom stereocenters. The van der Waals surface area contributed by atoms with E-state index in [1.165, 1.54) is 0 Å². The number of nitrogens with one attached hydrogen (secondary N) is 1. The van der Waals surface area contributed by atoms with Gasteiger partial charge in [-0.25, -0.2) is 4.79 Å². The molecule has 0 saturated carbocycles. The van der Waals surface area contributed by atoms with Gasteiger partial charge < -0.3 is 42.9 Å². The van der Waals surface area contributed by atoms with Gasteiger partial charge in [-0.05, 0) is 78.4 Å². The van der Waals surface area contributed by atoms with Gasteiger partial charge in [-0.1, -0.05) is 20.8 Å². The number of cyclic esters (lactones) is 1. The van der Waals surface area contributed by atoms with Gasteiger partial charge >= 0.3 is 12.1 Å². The Balaban J connectivity index is 1.40. The summed E-state index contributed by atoms with van der Waals surface area (Å²) >= 11 is 0. The van der Waals surface area contributed by atoms with Crippen LogP contribution in [0.5, 0.6) is 28.7 Å². The van der Waals surface area contributed by atoms with Crippen LogP contribution in [-0.4, -0.2) is 67.3 Å². The van der Waals surface area contributed by atoms with E-state index in [-0.39, 0.29) is 43.0 Å². The van der Waals surface area contributed by atoms with Crippen LogP contribution in [0.3, 0.4) is 0 Å². The first-order valence-corrected chi connectivity index (χ1v) is 18.9. The van der Waals surface area contributed by atoms with Crippen molar-refractivity contribution in [3.05, 3.63) is 41.0 Å². The maximum absolute atomic E-state index is 13.6. The van der Waals surface area contributed by atoms with E-state index in [0.717, 1.165) is 36.0 Å². The number of esters is 1. The van der Waals surface area contributed by atoms with Crippen LogP contribution in [0.15, 0.2) is 24.3 Å². The maximum atomic E-state index is 13.6. The summed E-state index contributed by atoms with van der Waals surface area (Å²) in [6.45, 7) is 11.9. The van der Waals surface area contributed by atoms with E-state index in [9.17, 15) is 9.59 Å². The van der Waals surface area contributed by atoms with Crippen LogP contribution >= 0.6 is 0 Å². The van der Waals surface area contributed by atoms with E-state index in [0.29, 0.717) is 35.4 Å². The average Bonchev–Trinajstić information content (AvgIpc) is 3.65. The van der Waals surface area contributed by atoms with Gasteiger partial charge in [-0.2, -0.15) is 0 Å². The Hall–Kier alpha value is -3.64. The molecule has 0 bridgehead atoms. The fourth-order valence-corrected chi connectivity index (χ4v) is 7.63. The molecule has 1 amide bonds. The molecule has 5 atom stereocenters. The van der Waals surface area contributed by atoms with E-state index >= 15 is 0 Å². The zero-order chi connectivity index (χ0) is 32.8. The molecule has 1 N–H and O–H groups in total. The molecule has 6 rings (SSSR count). The second kappa shape index (κ2) is 12.5. The molecule has 2 aromatic carbocycles. The van der Waals surface area contributed by atoms with Gasteiger partial charge in [0.15, 0.2) is 28.7 Å². The van der Waals surface area contributed by atoms with Gasteiger partial charge in [-0.3, -0.25) is 4.79 Å². The van der Waals surface area contributed by atoms with E-state index in [1.807, 2.05) is 24.3 Å². The summed E-state index contributed by atoms with van der Waals surface area (Å²) in [5, 5.41) is 3.00. The van der Waals surface area contributed by atoms with Crippen LogP contribution in [0.2, 0.25) is 18.1 Å². The zero-order valence-electron chi connectivity index (χ0n) is 27.7. The third kappa shape index (κ3) is 5.97. The molecule has 250 valence electrons. The molecule has 3 heterocycles. The Bertz CT molecular complexity index is 1460. The molecule has 11 nitrogen and oxygen atoms in total. The molecule has 0 spiro atoms. The van der Waals surface area contributed by atoms with Gasteiger partial charge in [0.25, 0.3) is 8.32 Å². The smallest absolute Gasteiger partial charge is 0.407 e. The Kier molecular flexibility index (Phi) is 8.79. The first kappa shape index (κ1) is 32.3. The Labute approximate surface area is 271 Å². The second-order valence-electron chi connectivity index (χ2n) is 14.0. The summed E-state index contributed by atoms with van der Waals surface area (Å²) in [5.41, 5.74) is 2.41. The SMILES string of the molecule is COc1cc([C@@H]2c3cc4c(cc3[C@@H](NC(=O)OCC3CCCCO3)[C@H]3COC(=O)[C@H]23)OCO4)cc(OC)c1O[Si](C)(C)C(C)(C)C. The first-order chi connectivity index (χ1) is 21.9. The molecular weight excluding hydrogens is 610 g/mol. The summed E-state index contributed by atoms with van der Waals surface area (Å²) in [5.74, 6) is 0.928. The summed E-state index contributed by atoms with van der Waals surface area (Å²) in [6.07, 6.45) is 2.22. The minimum Gasteiger partial charge on any atom is -0.539 e. The highest BCUT2D eigenvalue weighted by Crippen LogP contribution is 2.56. The number of rotatable bonds is 8. The number of fused-ring (bicyclic) bond motifs is 3. The summed E-state index contributed by atoms with van der Waals surface area (Å²) in [4.78, 5) is 26.7. The lowest BCUT2D eigenvalue weighted by atomic mass is 9.65. The number of benzene rings is 2. The van der Waals surface area contributed by atoms with Gasteiger partial charge in [0.2, 0.25) is 6.79 Å². The highest BCUT2D eigenvalue weighted by Gasteiger charge is 2.53. The van der Waals surface area contributed by atoms with Crippen LogP contribution in [-0.2, 0) is 19.0 Å². The van der Waals surface area contributed by atoms with Gasteiger partial charge in [0, 0.05) is 18.4 Å². The number of methoxy groups -OCH3 is 2. The lowest BCUT2D eigenvalue weighted by Crippen LogP contribution is -2.44. The topological polar surface area (TPSA) is 120 Å². The van der Waals surface area contributed by atoms with E-state index in [2.05, 4.69) is 39.2 Å². The lowest BCUT2D eigenvalue weighted by Gasteiger charge is -2.40. The van der Waals surface area contributed by atoms with Crippen molar-refractivity contribution < 1.29 is 47.2 Å². The predicted octanol–water partition coefficient (Wildman–Crippen LogP) is 6.09. The minimum atomic E-state index is -2.27. The Morgan fingerprint density at radius 2 is 1.65 bits per heavy atom. The van der Waals surface area contributed by atoms with Crippen molar-refractivity contribution in [1.82, 2.24) is 5.32 Å². The molecule has 2 fully saturated rings. The number of carbonyl (C=O) groups is 2. The molecule has 0 aromatic heterocycles. The molecule has 0 radical (unpaired) electrons. The molecule has 2 aromatic rings. The van der Waals surface area contributed by atoms with Gasteiger partial charge in [0.05, 0.1) is 38.9 Å². The summed E-state index contributed by atoms with van der Waals surface area (Å²) in [6, 6.07) is 7.06. The van der Waals surface area contributed by atoms with E-state index in [1.54, 1.807) is 14.2 Å². The van der Waals surface area contributed by atoms with Crippen LogP contribution in [0.1, 0.15) is 68.7 Å². The molecule has 4 aliphatic rings. The van der Waals surface area contributed by atoms with Crippen molar-refractivity contribution in [3.63, 3.8) is 0 Å². The molecule has 2 saturated heterocycles. The molecule has 1 aliphatic carbocycles. The Morgan fingerprint density at radius 1 is 0.978 bits per heavy atom. The van der Waals surface area contributed by atoms with Crippen molar-refractivity contribution in [1.29, 1.82) is 0 Å². The van der Waals surface area contributed by atoms with Crippen LogP contribution < -0.4 is 28.7 Å². The average molecular weight is 656 g/mol. The molecule has 12 heteroatoms. The van der Waals surface area contributed by atoms with Gasteiger partial charge in [0.1, 0.15) is 6.61 Å². The first-order valence-electron chi connectivity index (χ1n) is 16.0. The predicted molar refractivity (Wildman–Crippen MR) is 171 cm³/mol. The fraction of sp³-hybridized carbons (Fsp3) is 0.588. The van der Waals surface area contributed by atoms with Crippen molar-refractivity contribution in [2.75, 3.05) is 40.8 Å². The van der Waals surface area contributed by atoms with Crippen LogP contribution in [0.4, 0.5) is 4.79 Å². The number of hydrogen-bond donors (Lipinski definition) is 1. The number of alkyl carbamates (subject to hydrolysis) is 1. The highest BCUT2D eigenvalue weighted by atomic mass is 28.4. The summed E-state index contributed by atoms with van der Waals surface area (Å²) in [7, 11) is 0.928. The van der Waals surface area contributed by atoms with Crippen LogP contribution in [0, 0.1) is 11.8 Å². The number of hydrogen-bond acceptors (Lipinski definition) is 10. The number of amides is 1. The van der Waals surface area contributed by atoms with Crippen molar-refractivity contribution in [2.45, 2.75) is 76.2 Å². The Morgan fingerprint density at radius 3 is 2.26 bits per heavy atom. The van der Waals surface area contributed by atoms with E-state index < -0.39 is 32.3 Å². The zero-order valence-corrected chi connectivity index (χ0v) is 28.7. The minimum absolute atomic E-state index is 0.0557. The van der Waals surface area contributed by atoms with Crippen molar-refractivity contribution in [3.8, 4) is 28.7 Å². The number of ether oxygens (including phenoxy) is 7. The van der Waals surface area contributed by atoms with Crippen LogP contribution in [0.25, 0.3) is 0 Å². The normalized spacial score (nSPS) is 25.2. The van der Waals surface area contributed by atoms with E-state index in [4.69, 9.17) is 37.6 Å². The quantitative estimate of drug-likeness (QED) is 0.264. The molecular formula is C34H45NO10Si. The van der Waals surface area contributed by atoms with Crippen molar-refractivity contribution in [2.24, 2.45) is 11.8 Å². The third-order valence-corrected chi connectivity index (χ3v) is 14.5. The molecule has 46 heavy (non-hydrogen) atoms. The standard InChI is InChI=1S/C34H45NO10Si/c1-34(2,3)46(6,7)45-31-26(38-4)12-19(13-27(31)39-5)28-21-14-24-25(44-18-43-24)15-22(21)30(23-17-41-32(36)29(23)28)35-33(37)42-16-20-10-8-9-11-40-20/h12-15,20,23,28-30H,8-11,16-18H2,1-7H3,(H,35,37)/t20?,23-,28+,29-,30+/m0/s1.